The van der Waals surface area contributed by atoms with Gasteiger partial charge in [0.1, 0.15) is 5.75 Å². The molecule has 192 valence electrons. The summed E-state index contributed by atoms with van der Waals surface area (Å²) in [5, 5.41) is 3.39. The van der Waals surface area contributed by atoms with E-state index in [9.17, 15) is 13.2 Å². The van der Waals surface area contributed by atoms with Gasteiger partial charge in [0.15, 0.2) is 15.0 Å². The van der Waals surface area contributed by atoms with Crippen molar-refractivity contribution in [3.8, 4) is 5.75 Å². The first-order valence-electron chi connectivity index (χ1n) is 12.0. The lowest BCUT2D eigenvalue weighted by Gasteiger charge is -2.08. The molecule has 37 heavy (non-hydrogen) atoms. The number of methoxy groups -OCH3 is 1. The fourth-order valence-corrected chi connectivity index (χ4v) is 6.15. The Kier molecular flexibility index (Phi) is 8.51. The summed E-state index contributed by atoms with van der Waals surface area (Å²) in [5.41, 5.74) is 3.73. The number of nitrogens with one attached hydrogen (secondary N) is 1. The summed E-state index contributed by atoms with van der Waals surface area (Å²) in [4.78, 5) is 17.2. The normalized spacial score (nSPS) is 15.7. The van der Waals surface area contributed by atoms with Crippen LogP contribution in [0, 0.1) is 0 Å². The standard InChI is InChI=1S/C29H30N2O4S2/c1-20(2)23-9-4-22(5-10-23)19-37(33,34)26-15-6-21(7-16-26)8-17-28(32)31-29-30-27(18-36-29)24-11-13-25(35-3)14-12-24/h4-17,20,27H,18-19H2,1-3H3,(H,30,31,32)/b17-8+. The van der Waals surface area contributed by atoms with Crippen LogP contribution in [0.25, 0.3) is 6.08 Å². The molecule has 0 bridgehead atoms. The van der Waals surface area contributed by atoms with Gasteiger partial charge in [-0.3, -0.25) is 9.79 Å². The zero-order valence-electron chi connectivity index (χ0n) is 21.0. The Morgan fingerprint density at radius 1 is 1.05 bits per heavy atom. The Labute approximate surface area is 222 Å². The molecular weight excluding hydrogens is 504 g/mol. The summed E-state index contributed by atoms with van der Waals surface area (Å²) >= 11 is 1.50. The third-order valence-corrected chi connectivity index (χ3v) is 8.72. The van der Waals surface area contributed by atoms with Crippen LogP contribution in [0.15, 0.2) is 88.8 Å². The van der Waals surface area contributed by atoms with Crippen molar-refractivity contribution in [1.29, 1.82) is 0 Å². The van der Waals surface area contributed by atoms with Gasteiger partial charge in [0.05, 0.1) is 23.8 Å². The number of amidine groups is 1. The molecule has 1 aliphatic rings. The van der Waals surface area contributed by atoms with Crippen LogP contribution in [0.1, 0.15) is 48.1 Å². The highest BCUT2D eigenvalue weighted by Crippen LogP contribution is 2.30. The predicted octanol–water partition coefficient (Wildman–Crippen LogP) is 5.77. The number of amides is 1. The fourth-order valence-electron chi connectivity index (χ4n) is 3.85. The number of sulfone groups is 1. The topological polar surface area (TPSA) is 84.8 Å². The molecule has 1 amide bonds. The Balaban J connectivity index is 1.33. The van der Waals surface area contributed by atoms with E-state index in [1.807, 2.05) is 48.5 Å². The van der Waals surface area contributed by atoms with Gasteiger partial charge in [-0.2, -0.15) is 0 Å². The van der Waals surface area contributed by atoms with Crippen LogP contribution in [-0.2, 0) is 20.4 Å². The highest BCUT2D eigenvalue weighted by atomic mass is 32.2. The van der Waals surface area contributed by atoms with E-state index in [0.717, 1.165) is 28.2 Å². The van der Waals surface area contributed by atoms with Crippen LogP contribution in [0.3, 0.4) is 0 Å². The molecule has 0 fully saturated rings. The molecule has 0 spiro atoms. The summed E-state index contributed by atoms with van der Waals surface area (Å²) in [7, 11) is -1.84. The molecule has 1 atom stereocenters. The van der Waals surface area contributed by atoms with Gasteiger partial charge in [0.25, 0.3) is 0 Å². The SMILES string of the molecule is COc1ccc(C2CSC(NC(=O)/C=C/c3ccc(S(=O)(=O)Cc4ccc(C(C)C)cc4)cc3)=N2)cc1. The summed E-state index contributed by atoms with van der Waals surface area (Å²) in [6, 6.07) is 22.0. The van der Waals surface area contributed by atoms with Crippen LogP contribution in [0.4, 0.5) is 0 Å². The molecule has 0 aromatic heterocycles. The second-order valence-corrected chi connectivity index (χ2v) is 12.1. The van der Waals surface area contributed by atoms with Gasteiger partial charge >= 0.3 is 0 Å². The van der Waals surface area contributed by atoms with Crippen molar-refractivity contribution in [2.75, 3.05) is 12.9 Å². The van der Waals surface area contributed by atoms with Crippen molar-refractivity contribution in [3.63, 3.8) is 0 Å². The van der Waals surface area contributed by atoms with E-state index in [1.165, 1.54) is 23.4 Å². The molecule has 0 radical (unpaired) electrons. The van der Waals surface area contributed by atoms with E-state index in [-0.39, 0.29) is 22.6 Å². The Bertz CT molecular complexity index is 1390. The summed E-state index contributed by atoms with van der Waals surface area (Å²) < 4.78 is 30.9. The second-order valence-electron chi connectivity index (χ2n) is 9.08. The number of hydrogen-bond acceptors (Lipinski definition) is 6. The second kappa shape index (κ2) is 11.8. The van der Waals surface area contributed by atoms with E-state index in [2.05, 4.69) is 24.2 Å². The van der Waals surface area contributed by atoms with Crippen molar-refractivity contribution in [2.45, 2.75) is 36.5 Å². The zero-order chi connectivity index (χ0) is 26.4. The molecule has 3 aromatic rings. The Morgan fingerprint density at radius 2 is 1.73 bits per heavy atom. The molecule has 8 heteroatoms. The monoisotopic (exact) mass is 534 g/mol. The number of hydrogen-bond donors (Lipinski definition) is 1. The van der Waals surface area contributed by atoms with Crippen LogP contribution in [0.2, 0.25) is 0 Å². The fraction of sp³-hybridized carbons (Fsp3) is 0.241. The maximum Gasteiger partial charge on any atom is 0.249 e. The lowest BCUT2D eigenvalue weighted by atomic mass is 10.0. The van der Waals surface area contributed by atoms with Gasteiger partial charge in [-0.15, -0.1) is 0 Å². The van der Waals surface area contributed by atoms with Crippen LogP contribution >= 0.6 is 11.8 Å². The van der Waals surface area contributed by atoms with E-state index >= 15 is 0 Å². The maximum atomic E-state index is 12.8. The van der Waals surface area contributed by atoms with E-state index < -0.39 is 9.84 Å². The number of carbonyl (C=O) groups excluding carboxylic acids is 1. The molecule has 1 unspecified atom stereocenters. The van der Waals surface area contributed by atoms with Crippen molar-refractivity contribution in [2.24, 2.45) is 4.99 Å². The first-order chi connectivity index (χ1) is 17.7. The average molecular weight is 535 g/mol. The number of thioether (sulfide) groups is 1. The lowest BCUT2D eigenvalue weighted by Crippen LogP contribution is -2.25. The van der Waals surface area contributed by atoms with Crippen LogP contribution in [-0.4, -0.2) is 32.4 Å². The van der Waals surface area contributed by atoms with Gasteiger partial charge in [-0.25, -0.2) is 8.42 Å². The third-order valence-electron chi connectivity index (χ3n) is 6.05. The molecule has 6 nitrogen and oxygen atoms in total. The average Bonchev–Trinajstić information content (AvgIpc) is 3.36. The van der Waals surface area contributed by atoms with Crippen molar-refractivity contribution < 1.29 is 17.9 Å². The van der Waals surface area contributed by atoms with Crippen LogP contribution < -0.4 is 10.1 Å². The molecule has 4 rings (SSSR count). The number of rotatable bonds is 8. The smallest absolute Gasteiger partial charge is 0.249 e. The van der Waals surface area contributed by atoms with Gasteiger partial charge in [0.2, 0.25) is 5.91 Å². The van der Waals surface area contributed by atoms with Gasteiger partial charge in [-0.1, -0.05) is 74.1 Å². The quantitative estimate of drug-likeness (QED) is 0.371. The van der Waals surface area contributed by atoms with E-state index in [0.29, 0.717) is 11.1 Å². The summed E-state index contributed by atoms with van der Waals surface area (Å²) in [6.45, 7) is 4.21. The molecule has 0 aliphatic carbocycles. The molecule has 0 saturated heterocycles. The minimum absolute atomic E-state index is 0.0159. The minimum atomic E-state index is -3.47. The van der Waals surface area contributed by atoms with E-state index in [4.69, 9.17) is 4.74 Å². The van der Waals surface area contributed by atoms with Crippen molar-refractivity contribution in [1.82, 2.24) is 5.32 Å². The summed E-state index contributed by atoms with van der Waals surface area (Å²) in [5.74, 6) is 1.60. The third kappa shape index (κ3) is 7.11. The first kappa shape index (κ1) is 26.7. The number of ether oxygens (including phenoxy) is 1. The summed E-state index contributed by atoms with van der Waals surface area (Å²) in [6.07, 6.45) is 3.07. The number of aliphatic imine (C=N–C) groups is 1. The minimum Gasteiger partial charge on any atom is -0.497 e. The molecular formula is C29H30N2O4S2. The molecule has 1 aliphatic heterocycles. The first-order valence-corrected chi connectivity index (χ1v) is 14.6. The van der Waals surface area contributed by atoms with Crippen LogP contribution in [0.5, 0.6) is 5.75 Å². The molecule has 3 aromatic carbocycles. The number of carbonyl (C=O) groups is 1. The highest BCUT2D eigenvalue weighted by Gasteiger charge is 2.21. The van der Waals surface area contributed by atoms with Crippen molar-refractivity contribution >= 4 is 38.7 Å². The molecule has 1 N–H and O–H groups in total. The molecule has 0 saturated carbocycles. The van der Waals surface area contributed by atoms with Gasteiger partial charge in [-0.05, 0) is 58.5 Å². The largest absolute Gasteiger partial charge is 0.497 e. The Morgan fingerprint density at radius 3 is 2.35 bits per heavy atom. The highest BCUT2D eigenvalue weighted by molar-refractivity contribution is 8.14. The zero-order valence-corrected chi connectivity index (χ0v) is 22.7. The predicted molar refractivity (Wildman–Crippen MR) is 151 cm³/mol. The van der Waals surface area contributed by atoms with Gasteiger partial charge < -0.3 is 10.1 Å². The number of nitrogens with zero attached hydrogens (tertiary/aromatic N) is 1. The van der Waals surface area contributed by atoms with Crippen molar-refractivity contribution in [3.05, 3.63) is 101 Å². The number of benzene rings is 3. The Hall–Kier alpha value is -3.36. The van der Waals surface area contributed by atoms with E-state index in [1.54, 1.807) is 37.5 Å². The molecule has 1 heterocycles. The van der Waals surface area contributed by atoms with Gasteiger partial charge in [0, 0.05) is 11.8 Å². The maximum absolute atomic E-state index is 12.8. The lowest BCUT2D eigenvalue weighted by molar-refractivity contribution is -0.115.